The lowest BCUT2D eigenvalue weighted by molar-refractivity contribution is 0.147. The van der Waals surface area contributed by atoms with Crippen molar-refractivity contribution in [1.82, 2.24) is 9.78 Å². The molecule has 0 spiro atoms. The number of hydrogen-bond donors (Lipinski definition) is 0. The first-order valence-corrected chi connectivity index (χ1v) is 10.3. The van der Waals surface area contributed by atoms with Crippen LogP contribution < -0.4 is 4.74 Å². The summed E-state index contributed by atoms with van der Waals surface area (Å²) < 4.78 is 57.2. The zero-order chi connectivity index (χ0) is 20.1. The van der Waals surface area contributed by atoms with Gasteiger partial charge in [0.15, 0.2) is 9.84 Å². The highest BCUT2D eigenvalue weighted by Crippen LogP contribution is 2.35. The fourth-order valence-corrected chi connectivity index (χ4v) is 3.88. The zero-order valence-corrected chi connectivity index (χ0v) is 15.9. The number of fused-ring (bicyclic) bond motifs is 3. The molecule has 0 radical (unpaired) electrons. The van der Waals surface area contributed by atoms with Gasteiger partial charge in [0, 0.05) is 17.0 Å². The standard InChI is InChI=1S/C20H16F2N2O3S/c1-27-14-6-10-16-12(11-14)3-9-17-18(20(21)22)23-24(19(16)17)13-4-7-15(8-5-13)28(2,25)26/h3-11,20H,1-2H3. The first-order valence-electron chi connectivity index (χ1n) is 8.37. The molecule has 4 aromatic rings. The molecule has 3 aromatic carbocycles. The minimum atomic E-state index is -3.36. The van der Waals surface area contributed by atoms with Crippen LogP contribution in [0.5, 0.6) is 5.75 Å². The van der Waals surface area contributed by atoms with E-state index in [-0.39, 0.29) is 10.6 Å². The van der Waals surface area contributed by atoms with Crippen LogP contribution in [0.1, 0.15) is 12.1 Å². The van der Waals surface area contributed by atoms with Crippen molar-refractivity contribution in [2.45, 2.75) is 11.3 Å². The Morgan fingerprint density at radius 2 is 1.68 bits per heavy atom. The summed E-state index contributed by atoms with van der Waals surface area (Å²) >= 11 is 0. The maximum atomic E-state index is 13.6. The van der Waals surface area contributed by atoms with Crippen molar-refractivity contribution in [3.63, 3.8) is 0 Å². The normalized spacial score (nSPS) is 12.2. The predicted molar refractivity (Wildman–Crippen MR) is 103 cm³/mol. The highest BCUT2D eigenvalue weighted by atomic mass is 32.2. The van der Waals surface area contributed by atoms with Crippen LogP contribution in [0.25, 0.3) is 27.4 Å². The van der Waals surface area contributed by atoms with E-state index in [1.807, 2.05) is 6.07 Å². The van der Waals surface area contributed by atoms with Gasteiger partial charge in [0.2, 0.25) is 0 Å². The Labute approximate surface area is 160 Å². The van der Waals surface area contributed by atoms with E-state index in [1.54, 1.807) is 43.5 Å². The molecule has 0 unspecified atom stereocenters. The second-order valence-electron chi connectivity index (χ2n) is 6.41. The molecule has 8 heteroatoms. The van der Waals surface area contributed by atoms with Crippen LogP contribution in [-0.4, -0.2) is 31.6 Å². The molecule has 0 saturated heterocycles. The Morgan fingerprint density at radius 1 is 1.00 bits per heavy atom. The number of hydrogen-bond acceptors (Lipinski definition) is 4. The summed E-state index contributed by atoms with van der Waals surface area (Å²) in [5.74, 6) is 0.657. The minimum Gasteiger partial charge on any atom is -0.497 e. The maximum absolute atomic E-state index is 13.6. The molecule has 1 aromatic heterocycles. The van der Waals surface area contributed by atoms with E-state index in [9.17, 15) is 17.2 Å². The number of benzene rings is 3. The van der Waals surface area contributed by atoms with Crippen molar-refractivity contribution in [2.24, 2.45) is 0 Å². The van der Waals surface area contributed by atoms with Gasteiger partial charge in [-0.05, 0) is 47.9 Å². The van der Waals surface area contributed by atoms with E-state index in [2.05, 4.69) is 5.10 Å². The van der Waals surface area contributed by atoms with E-state index >= 15 is 0 Å². The fourth-order valence-electron chi connectivity index (χ4n) is 3.25. The number of rotatable bonds is 4. The van der Waals surface area contributed by atoms with Crippen molar-refractivity contribution in [1.29, 1.82) is 0 Å². The van der Waals surface area contributed by atoms with E-state index in [4.69, 9.17) is 4.74 Å². The van der Waals surface area contributed by atoms with Crippen LogP contribution in [0, 0.1) is 0 Å². The largest absolute Gasteiger partial charge is 0.497 e. The second-order valence-corrected chi connectivity index (χ2v) is 8.43. The lowest BCUT2D eigenvalue weighted by Crippen LogP contribution is -2.00. The average molecular weight is 402 g/mol. The number of aromatic nitrogens is 2. The number of nitrogens with zero attached hydrogens (tertiary/aromatic N) is 2. The topological polar surface area (TPSA) is 61.2 Å². The fraction of sp³-hybridized carbons (Fsp3) is 0.150. The SMILES string of the molecule is COc1ccc2c(ccc3c(C(F)F)nn(-c4ccc(S(C)(=O)=O)cc4)c32)c1. The molecule has 28 heavy (non-hydrogen) atoms. The van der Waals surface area contributed by atoms with Gasteiger partial charge in [0.25, 0.3) is 6.43 Å². The smallest absolute Gasteiger partial charge is 0.282 e. The maximum Gasteiger partial charge on any atom is 0.282 e. The Kier molecular flexibility index (Phi) is 4.30. The van der Waals surface area contributed by atoms with Crippen molar-refractivity contribution in [3.05, 3.63) is 60.3 Å². The summed E-state index contributed by atoms with van der Waals surface area (Å²) in [6.07, 6.45) is -1.63. The summed E-state index contributed by atoms with van der Waals surface area (Å²) in [6, 6.07) is 14.7. The lowest BCUT2D eigenvalue weighted by Gasteiger charge is -2.08. The Morgan fingerprint density at radius 3 is 2.29 bits per heavy atom. The summed E-state index contributed by atoms with van der Waals surface area (Å²) in [5, 5.41) is 6.04. The van der Waals surface area contributed by atoms with Gasteiger partial charge in [-0.3, -0.25) is 0 Å². The molecular weight excluding hydrogens is 386 g/mol. The number of sulfone groups is 1. The molecule has 0 aliphatic rings. The van der Waals surface area contributed by atoms with Gasteiger partial charge in [0.05, 0.1) is 23.2 Å². The van der Waals surface area contributed by atoms with Crippen molar-refractivity contribution in [3.8, 4) is 11.4 Å². The number of methoxy groups -OCH3 is 1. The predicted octanol–water partition coefficient (Wildman–Crippen LogP) is 4.53. The van der Waals surface area contributed by atoms with Crippen LogP contribution in [0.15, 0.2) is 59.5 Å². The molecule has 0 fully saturated rings. The zero-order valence-electron chi connectivity index (χ0n) is 15.1. The van der Waals surface area contributed by atoms with Crippen LogP contribution in [0.4, 0.5) is 8.78 Å². The van der Waals surface area contributed by atoms with Gasteiger partial charge in [-0.25, -0.2) is 21.9 Å². The summed E-state index contributed by atoms with van der Waals surface area (Å²) in [6.45, 7) is 0. The van der Waals surface area contributed by atoms with Crippen LogP contribution in [0.3, 0.4) is 0 Å². The van der Waals surface area contributed by atoms with Crippen LogP contribution in [-0.2, 0) is 9.84 Å². The van der Waals surface area contributed by atoms with E-state index < -0.39 is 16.3 Å². The summed E-state index contributed by atoms with van der Waals surface area (Å²) in [4.78, 5) is 0.149. The first-order chi connectivity index (χ1) is 13.3. The quantitative estimate of drug-likeness (QED) is 0.503. The molecule has 0 amide bonds. The third kappa shape index (κ3) is 2.99. The highest BCUT2D eigenvalue weighted by Gasteiger charge is 2.21. The lowest BCUT2D eigenvalue weighted by atomic mass is 10.1. The molecule has 5 nitrogen and oxygen atoms in total. The molecule has 0 bridgehead atoms. The van der Waals surface area contributed by atoms with Crippen LogP contribution in [0.2, 0.25) is 0 Å². The average Bonchev–Trinajstić information content (AvgIpc) is 3.07. The minimum absolute atomic E-state index is 0.149. The molecule has 4 rings (SSSR count). The van der Waals surface area contributed by atoms with Crippen LogP contribution >= 0.6 is 0 Å². The Bertz CT molecular complexity index is 1300. The van der Waals surface area contributed by atoms with Gasteiger partial charge < -0.3 is 4.74 Å². The van der Waals surface area contributed by atoms with Crippen molar-refractivity contribution in [2.75, 3.05) is 13.4 Å². The van der Waals surface area contributed by atoms with Crippen molar-refractivity contribution < 1.29 is 21.9 Å². The van der Waals surface area contributed by atoms with E-state index in [0.29, 0.717) is 22.3 Å². The molecular formula is C20H16F2N2O3S. The first kappa shape index (κ1) is 18.4. The van der Waals surface area contributed by atoms with Gasteiger partial charge in [-0.1, -0.05) is 12.1 Å². The summed E-state index contributed by atoms with van der Waals surface area (Å²) in [5.41, 5.74) is 0.704. The Balaban J connectivity index is 2.03. The molecule has 0 saturated carbocycles. The number of ether oxygens (including phenoxy) is 1. The molecule has 1 heterocycles. The van der Waals surface area contributed by atoms with Gasteiger partial charge >= 0.3 is 0 Å². The monoisotopic (exact) mass is 402 g/mol. The molecule has 0 N–H and O–H groups in total. The van der Waals surface area contributed by atoms with Crippen molar-refractivity contribution >= 4 is 31.5 Å². The summed E-state index contributed by atoms with van der Waals surface area (Å²) in [7, 11) is -1.80. The van der Waals surface area contributed by atoms with Gasteiger partial charge in [0.1, 0.15) is 11.4 Å². The van der Waals surface area contributed by atoms with Gasteiger partial charge in [-0.15, -0.1) is 0 Å². The molecule has 0 aliphatic heterocycles. The van der Waals surface area contributed by atoms with E-state index in [0.717, 1.165) is 17.0 Å². The number of halogens is 2. The third-order valence-electron chi connectivity index (χ3n) is 4.61. The highest BCUT2D eigenvalue weighted by molar-refractivity contribution is 7.90. The molecule has 144 valence electrons. The molecule has 0 atom stereocenters. The Hall–Kier alpha value is -3.00. The third-order valence-corrected chi connectivity index (χ3v) is 5.74. The second kappa shape index (κ2) is 6.56. The van der Waals surface area contributed by atoms with E-state index in [1.165, 1.54) is 16.8 Å². The number of alkyl halides is 2. The molecule has 0 aliphatic carbocycles. The van der Waals surface area contributed by atoms with Gasteiger partial charge in [-0.2, -0.15) is 5.10 Å².